The molecule has 0 radical (unpaired) electrons. The number of aromatic nitrogens is 2. The maximum absolute atomic E-state index is 12.2. The van der Waals surface area contributed by atoms with Crippen LogP contribution >= 0.6 is 0 Å². The lowest BCUT2D eigenvalue weighted by molar-refractivity contribution is -0.117. The molecule has 1 aliphatic rings. The molecule has 0 bridgehead atoms. The summed E-state index contributed by atoms with van der Waals surface area (Å²) in [6.07, 6.45) is 1.17. The summed E-state index contributed by atoms with van der Waals surface area (Å²) in [6.45, 7) is 4.61. The predicted octanol–water partition coefficient (Wildman–Crippen LogP) is 2.46. The van der Waals surface area contributed by atoms with Crippen molar-refractivity contribution in [3.8, 4) is 0 Å². The third kappa shape index (κ3) is 2.31. The van der Waals surface area contributed by atoms with E-state index in [0.29, 0.717) is 24.7 Å². The Morgan fingerprint density at radius 3 is 2.75 bits per heavy atom. The van der Waals surface area contributed by atoms with Crippen molar-refractivity contribution in [3.63, 3.8) is 0 Å². The lowest BCUT2D eigenvalue weighted by Gasteiger charge is -2.16. The Morgan fingerprint density at radius 1 is 1.35 bits per heavy atom. The lowest BCUT2D eigenvalue weighted by atomic mass is 10.1. The quantitative estimate of drug-likeness (QED) is 0.860. The number of carbonyl (C=O) groups is 1. The normalized spacial score (nSPS) is 18.8. The van der Waals surface area contributed by atoms with Crippen LogP contribution in [-0.4, -0.2) is 22.6 Å². The third-order valence-corrected chi connectivity index (χ3v) is 3.62. The molecule has 1 aliphatic heterocycles. The second-order valence-corrected chi connectivity index (χ2v) is 5.14. The summed E-state index contributed by atoms with van der Waals surface area (Å²) in [5.74, 6) is 1.37. The summed E-state index contributed by atoms with van der Waals surface area (Å²) >= 11 is 0. The molecule has 20 heavy (non-hydrogen) atoms. The first kappa shape index (κ1) is 12.8. The largest absolute Gasteiger partial charge is 0.339 e. The van der Waals surface area contributed by atoms with Crippen LogP contribution in [0.15, 0.2) is 28.8 Å². The van der Waals surface area contributed by atoms with E-state index in [2.05, 4.69) is 10.1 Å². The Bertz CT molecular complexity index is 618. The number of anilines is 1. The number of hydrogen-bond acceptors (Lipinski definition) is 4. The molecular formula is C15H17N3O2. The molecule has 2 heterocycles. The summed E-state index contributed by atoms with van der Waals surface area (Å²) in [4.78, 5) is 18.3. The Morgan fingerprint density at radius 2 is 2.10 bits per heavy atom. The van der Waals surface area contributed by atoms with E-state index in [1.807, 2.05) is 38.1 Å². The first-order valence-corrected chi connectivity index (χ1v) is 6.87. The smallest absolute Gasteiger partial charge is 0.232 e. The fourth-order valence-electron chi connectivity index (χ4n) is 2.42. The minimum Gasteiger partial charge on any atom is -0.339 e. The average molecular weight is 271 g/mol. The number of carbonyl (C=O) groups excluding carboxylic acids is 1. The maximum Gasteiger partial charge on any atom is 0.232 e. The van der Waals surface area contributed by atoms with Gasteiger partial charge in [0.05, 0.1) is 5.92 Å². The maximum atomic E-state index is 12.2. The highest BCUT2D eigenvalue weighted by Gasteiger charge is 2.34. The molecule has 0 spiro atoms. The van der Waals surface area contributed by atoms with E-state index >= 15 is 0 Å². The highest BCUT2D eigenvalue weighted by Crippen LogP contribution is 2.31. The van der Waals surface area contributed by atoms with Gasteiger partial charge in [-0.25, -0.2) is 0 Å². The molecular weight excluding hydrogens is 254 g/mol. The van der Waals surface area contributed by atoms with E-state index < -0.39 is 0 Å². The van der Waals surface area contributed by atoms with Gasteiger partial charge in [0.25, 0.3) is 0 Å². The molecule has 1 saturated heterocycles. The highest BCUT2D eigenvalue weighted by atomic mass is 16.5. The van der Waals surface area contributed by atoms with Gasteiger partial charge in [-0.1, -0.05) is 29.8 Å². The molecule has 1 amide bonds. The van der Waals surface area contributed by atoms with Gasteiger partial charge in [0.2, 0.25) is 11.8 Å². The van der Waals surface area contributed by atoms with Gasteiger partial charge in [-0.3, -0.25) is 4.79 Å². The molecule has 5 nitrogen and oxygen atoms in total. The highest BCUT2D eigenvalue weighted by molar-refractivity contribution is 5.96. The van der Waals surface area contributed by atoms with Gasteiger partial charge in [0, 0.05) is 25.1 Å². The Labute approximate surface area is 117 Å². The standard InChI is InChI=1S/C15H17N3O2/c1-3-13-16-15(20-17-13)11-8-14(19)18(9-11)12-6-4-10(2)5-7-12/h4-7,11H,3,8-9H2,1-2H3. The van der Waals surface area contributed by atoms with Gasteiger partial charge in [0.15, 0.2) is 5.82 Å². The molecule has 3 rings (SSSR count). The van der Waals surface area contributed by atoms with E-state index in [1.165, 1.54) is 5.56 Å². The SMILES string of the molecule is CCc1noc(C2CC(=O)N(c3ccc(C)cc3)C2)n1. The number of nitrogens with zero attached hydrogens (tertiary/aromatic N) is 3. The topological polar surface area (TPSA) is 59.2 Å². The second kappa shape index (κ2) is 5.07. The van der Waals surface area contributed by atoms with Crippen molar-refractivity contribution >= 4 is 11.6 Å². The molecule has 5 heteroatoms. The van der Waals surface area contributed by atoms with Crippen molar-refractivity contribution in [2.24, 2.45) is 0 Å². The van der Waals surface area contributed by atoms with Crippen LogP contribution in [0.2, 0.25) is 0 Å². The number of amides is 1. The second-order valence-electron chi connectivity index (χ2n) is 5.14. The molecule has 1 atom stereocenters. The third-order valence-electron chi connectivity index (χ3n) is 3.62. The van der Waals surface area contributed by atoms with Gasteiger partial charge in [0.1, 0.15) is 0 Å². The van der Waals surface area contributed by atoms with E-state index in [9.17, 15) is 4.79 Å². The van der Waals surface area contributed by atoms with Crippen molar-refractivity contribution in [2.75, 3.05) is 11.4 Å². The van der Waals surface area contributed by atoms with Crippen LogP contribution < -0.4 is 4.90 Å². The Hall–Kier alpha value is -2.17. The first-order chi connectivity index (χ1) is 9.67. The minimum absolute atomic E-state index is 0.00315. The van der Waals surface area contributed by atoms with Gasteiger partial charge in [-0.05, 0) is 19.1 Å². The van der Waals surface area contributed by atoms with Gasteiger partial charge >= 0.3 is 0 Å². The summed E-state index contributed by atoms with van der Waals surface area (Å²) in [5.41, 5.74) is 2.11. The van der Waals surface area contributed by atoms with Crippen LogP contribution in [-0.2, 0) is 11.2 Å². The van der Waals surface area contributed by atoms with E-state index in [0.717, 1.165) is 12.1 Å². The van der Waals surface area contributed by atoms with Crippen LogP contribution in [0.1, 0.15) is 36.5 Å². The summed E-state index contributed by atoms with van der Waals surface area (Å²) in [5, 5.41) is 3.90. The molecule has 0 N–H and O–H groups in total. The average Bonchev–Trinajstić information content (AvgIpc) is 3.06. The zero-order chi connectivity index (χ0) is 14.1. The molecule has 0 aliphatic carbocycles. The fourth-order valence-corrected chi connectivity index (χ4v) is 2.42. The number of hydrogen-bond donors (Lipinski definition) is 0. The predicted molar refractivity (Wildman–Crippen MR) is 74.6 cm³/mol. The molecule has 0 saturated carbocycles. The van der Waals surface area contributed by atoms with Crippen LogP contribution in [0.25, 0.3) is 0 Å². The van der Waals surface area contributed by atoms with E-state index in [1.54, 1.807) is 4.90 Å². The van der Waals surface area contributed by atoms with Crippen LogP contribution in [0.5, 0.6) is 0 Å². The van der Waals surface area contributed by atoms with Crippen molar-refractivity contribution in [1.82, 2.24) is 10.1 Å². The van der Waals surface area contributed by atoms with Gasteiger partial charge < -0.3 is 9.42 Å². The minimum atomic E-state index is -0.00315. The van der Waals surface area contributed by atoms with Crippen molar-refractivity contribution < 1.29 is 9.32 Å². The monoisotopic (exact) mass is 271 g/mol. The zero-order valence-electron chi connectivity index (χ0n) is 11.7. The van der Waals surface area contributed by atoms with E-state index in [4.69, 9.17) is 4.52 Å². The molecule has 104 valence electrons. The van der Waals surface area contributed by atoms with Crippen LogP contribution in [0.4, 0.5) is 5.69 Å². The van der Waals surface area contributed by atoms with Crippen molar-refractivity contribution in [2.45, 2.75) is 32.6 Å². The van der Waals surface area contributed by atoms with Crippen LogP contribution in [0.3, 0.4) is 0 Å². The summed E-state index contributed by atoms with van der Waals surface area (Å²) in [7, 11) is 0. The molecule has 1 aromatic heterocycles. The number of rotatable bonds is 3. The van der Waals surface area contributed by atoms with E-state index in [-0.39, 0.29) is 11.8 Å². The Balaban J connectivity index is 1.79. The fraction of sp³-hybridized carbons (Fsp3) is 0.400. The number of benzene rings is 1. The molecule has 1 unspecified atom stereocenters. The molecule has 2 aromatic rings. The molecule has 1 aromatic carbocycles. The van der Waals surface area contributed by atoms with Crippen molar-refractivity contribution in [3.05, 3.63) is 41.5 Å². The van der Waals surface area contributed by atoms with Crippen LogP contribution in [0, 0.1) is 6.92 Å². The molecule has 1 fully saturated rings. The summed E-state index contributed by atoms with van der Waals surface area (Å²) < 4.78 is 5.25. The first-order valence-electron chi connectivity index (χ1n) is 6.87. The Kier molecular flexibility index (Phi) is 3.26. The zero-order valence-corrected chi connectivity index (χ0v) is 11.7. The summed E-state index contributed by atoms with van der Waals surface area (Å²) in [6, 6.07) is 7.97. The van der Waals surface area contributed by atoms with Crippen molar-refractivity contribution in [1.29, 1.82) is 0 Å². The van der Waals surface area contributed by atoms with Gasteiger partial charge in [-0.2, -0.15) is 4.98 Å². The lowest BCUT2D eigenvalue weighted by Crippen LogP contribution is -2.24. The van der Waals surface area contributed by atoms with Gasteiger partial charge in [-0.15, -0.1) is 0 Å². The number of aryl methyl sites for hydroxylation is 2.